The topological polar surface area (TPSA) is 66.0 Å². The first-order valence-electron chi connectivity index (χ1n) is 10.5. The number of nitrogens with zero attached hydrogens (tertiary/aromatic N) is 2. The number of hydrogen-bond acceptors (Lipinski definition) is 5. The summed E-state index contributed by atoms with van der Waals surface area (Å²) in [5.74, 6) is 1.49. The van der Waals surface area contributed by atoms with Gasteiger partial charge < -0.3 is 0 Å². The van der Waals surface area contributed by atoms with Gasteiger partial charge in [-0.25, -0.2) is 0 Å². The second-order valence-corrected chi connectivity index (χ2v) is 11.3. The molecule has 1 atom stereocenters. The Kier molecular flexibility index (Phi) is 4.51. The van der Waals surface area contributed by atoms with Gasteiger partial charge in [-0.05, 0) is 0 Å². The molecule has 3 aliphatic rings. The summed E-state index contributed by atoms with van der Waals surface area (Å²) in [6.07, 6.45) is 0. The van der Waals surface area contributed by atoms with E-state index in [2.05, 4.69) is 70.4 Å². The Balaban J connectivity index is 1.50. The zero-order valence-electron chi connectivity index (χ0n) is 17.1. The van der Waals surface area contributed by atoms with Gasteiger partial charge in [-0.3, -0.25) is 0 Å². The van der Waals surface area contributed by atoms with E-state index in [1.54, 1.807) is 0 Å². The van der Waals surface area contributed by atoms with E-state index in [1.165, 1.54) is 26.3 Å². The Hall–Kier alpha value is -2.82. The first-order valence-corrected chi connectivity index (χ1v) is 12.6. The van der Waals surface area contributed by atoms with Crippen molar-refractivity contribution in [1.82, 2.24) is 10.7 Å². The van der Waals surface area contributed by atoms with Crippen molar-refractivity contribution in [3.63, 3.8) is 0 Å². The third-order valence-corrected chi connectivity index (χ3v) is 9.07. The molecule has 6 rings (SSSR count). The fourth-order valence-corrected chi connectivity index (χ4v) is 7.18. The first kappa shape index (κ1) is 18.9. The van der Waals surface area contributed by atoms with Gasteiger partial charge >= 0.3 is 187 Å². The molecule has 2 N–H and O–H groups in total. The van der Waals surface area contributed by atoms with Crippen LogP contribution in [-0.2, 0) is 4.79 Å². The molecule has 7 heteroatoms. The fraction of sp³-hybridized carbons (Fsp3) is 0.250. The standard InChI is InChI=1S/C24H22AsN4O2/c1-14-24(30)28-27-23-13-31-22-9-19(17-7-6-15-4-2-3-5-16(15)8-17)20(10-21(22)29(14)23)25-18-11-26-12-18/h2-10,14,18,26H,11-13H2,1H3,(H,28,30). The van der Waals surface area contributed by atoms with Gasteiger partial charge in [0.15, 0.2) is 0 Å². The molecule has 155 valence electrons. The quantitative estimate of drug-likeness (QED) is 0.573. The van der Waals surface area contributed by atoms with Crippen molar-refractivity contribution in [1.29, 1.82) is 0 Å². The third-order valence-electron chi connectivity index (χ3n) is 6.18. The monoisotopic (exact) mass is 473 g/mol. The van der Waals surface area contributed by atoms with Gasteiger partial charge in [0.2, 0.25) is 0 Å². The molecule has 1 amide bonds. The van der Waals surface area contributed by atoms with Crippen LogP contribution in [0.3, 0.4) is 0 Å². The van der Waals surface area contributed by atoms with Gasteiger partial charge in [0.1, 0.15) is 0 Å². The van der Waals surface area contributed by atoms with E-state index in [1.807, 2.05) is 11.8 Å². The number of rotatable bonds is 3. The molecule has 3 aliphatic heterocycles. The average molecular weight is 473 g/mol. The number of amidine groups is 1. The summed E-state index contributed by atoms with van der Waals surface area (Å²) in [5, 5.41) is 10.1. The number of fused-ring (bicyclic) bond motifs is 4. The molecule has 0 bridgehead atoms. The molecule has 0 aliphatic carbocycles. The van der Waals surface area contributed by atoms with Crippen LogP contribution in [0.2, 0.25) is 4.71 Å². The van der Waals surface area contributed by atoms with Crippen molar-refractivity contribution < 1.29 is 9.53 Å². The normalized spacial score (nSPS) is 20.7. The number of nitrogens with one attached hydrogen (secondary N) is 2. The molecule has 3 aromatic rings. The molecule has 1 fully saturated rings. The zero-order chi connectivity index (χ0) is 20.9. The van der Waals surface area contributed by atoms with E-state index in [9.17, 15) is 4.79 Å². The van der Waals surface area contributed by atoms with E-state index in [4.69, 9.17) is 4.74 Å². The fourth-order valence-electron chi connectivity index (χ4n) is 4.32. The number of hydrogen-bond donors (Lipinski definition) is 2. The van der Waals surface area contributed by atoms with Gasteiger partial charge in [0.25, 0.3) is 0 Å². The molecule has 1 radical (unpaired) electrons. The molecule has 0 spiro atoms. The number of anilines is 1. The minimum absolute atomic E-state index is 0.0196. The van der Waals surface area contributed by atoms with Crippen molar-refractivity contribution in [3.8, 4) is 16.9 Å². The Morgan fingerprint density at radius 1 is 1.10 bits per heavy atom. The number of ether oxygens (including phenoxy) is 1. The first-order chi connectivity index (χ1) is 15.2. The SMILES string of the molecule is CC1C(=O)NN=C2COc3cc(-c4ccc5ccccc5c4)c([As]C4CNC4)cc3N21. The molecule has 3 heterocycles. The number of benzene rings is 3. The van der Waals surface area contributed by atoms with E-state index < -0.39 is 0 Å². The summed E-state index contributed by atoms with van der Waals surface area (Å²) in [6, 6.07) is 19.2. The van der Waals surface area contributed by atoms with Crippen molar-refractivity contribution >= 4 is 48.3 Å². The van der Waals surface area contributed by atoms with E-state index in [-0.39, 0.29) is 27.7 Å². The minimum atomic E-state index is -0.309. The average Bonchev–Trinajstić information content (AvgIpc) is 2.77. The van der Waals surface area contributed by atoms with Crippen LogP contribution in [-0.4, -0.2) is 53.2 Å². The number of carbonyl (C=O) groups is 1. The van der Waals surface area contributed by atoms with E-state index in [0.29, 0.717) is 11.3 Å². The van der Waals surface area contributed by atoms with Gasteiger partial charge in [-0.1, -0.05) is 0 Å². The van der Waals surface area contributed by atoms with Gasteiger partial charge in [0, 0.05) is 0 Å². The maximum atomic E-state index is 12.3. The van der Waals surface area contributed by atoms with Crippen LogP contribution < -0.4 is 24.7 Å². The Labute approximate surface area is 187 Å². The molecular weight excluding hydrogens is 451 g/mol. The van der Waals surface area contributed by atoms with Gasteiger partial charge in [-0.2, -0.15) is 0 Å². The van der Waals surface area contributed by atoms with Crippen LogP contribution in [0, 0.1) is 0 Å². The summed E-state index contributed by atoms with van der Waals surface area (Å²) in [6.45, 7) is 4.44. The zero-order valence-corrected chi connectivity index (χ0v) is 19.0. The van der Waals surface area contributed by atoms with Crippen molar-refractivity contribution in [2.45, 2.75) is 17.7 Å². The molecule has 0 saturated carbocycles. The van der Waals surface area contributed by atoms with E-state index >= 15 is 0 Å². The van der Waals surface area contributed by atoms with Crippen LogP contribution in [0.4, 0.5) is 5.69 Å². The van der Waals surface area contributed by atoms with Gasteiger partial charge in [0.05, 0.1) is 0 Å². The predicted molar refractivity (Wildman–Crippen MR) is 124 cm³/mol. The van der Waals surface area contributed by atoms with Crippen LogP contribution in [0.5, 0.6) is 5.75 Å². The summed E-state index contributed by atoms with van der Waals surface area (Å²) < 4.78 is 8.19. The van der Waals surface area contributed by atoms with Crippen LogP contribution in [0.25, 0.3) is 21.9 Å². The summed E-state index contributed by atoms with van der Waals surface area (Å²) in [4.78, 5) is 14.3. The predicted octanol–water partition coefficient (Wildman–Crippen LogP) is 2.26. The molecule has 1 unspecified atom stereocenters. The second kappa shape index (κ2) is 7.40. The molecule has 31 heavy (non-hydrogen) atoms. The molecule has 6 nitrogen and oxygen atoms in total. The number of carbonyl (C=O) groups excluding carboxylic acids is 1. The van der Waals surface area contributed by atoms with Crippen LogP contribution in [0.15, 0.2) is 59.7 Å². The van der Waals surface area contributed by atoms with Crippen LogP contribution >= 0.6 is 0 Å². The summed E-state index contributed by atoms with van der Waals surface area (Å²) in [7, 11) is 0. The molecule has 0 aromatic heterocycles. The molecular formula is C24H22AsN4O2. The van der Waals surface area contributed by atoms with Crippen molar-refractivity contribution in [3.05, 3.63) is 54.6 Å². The summed E-state index contributed by atoms with van der Waals surface area (Å²) >= 11 is -0.0196. The number of amides is 1. The van der Waals surface area contributed by atoms with Crippen molar-refractivity contribution in [2.24, 2.45) is 5.10 Å². The molecule has 3 aromatic carbocycles. The second-order valence-electron chi connectivity index (χ2n) is 8.18. The Morgan fingerprint density at radius 2 is 1.94 bits per heavy atom. The third kappa shape index (κ3) is 3.22. The summed E-state index contributed by atoms with van der Waals surface area (Å²) in [5.41, 5.74) is 6.02. The van der Waals surface area contributed by atoms with Crippen LogP contribution in [0.1, 0.15) is 6.92 Å². The van der Waals surface area contributed by atoms with Crippen molar-refractivity contribution in [2.75, 3.05) is 24.6 Å². The van der Waals surface area contributed by atoms with E-state index in [0.717, 1.165) is 30.4 Å². The number of hydrazone groups is 1. The Bertz CT molecular complexity index is 1240. The Morgan fingerprint density at radius 3 is 2.74 bits per heavy atom. The maximum absolute atomic E-state index is 12.3. The molecule has 1 saturated heterocycles. The van der Waals surface area contributed by atoms with Gasteiger partial charge in [-0.15, -0.1) is 0 Å².